The minimum absolute atomic E-state index is 0.184. The summed E-state index contributed by atoms with van der Waals surface area (Å²) in [4.78, 5) is 3.50. The second-order valence-electron chi connectivity index (χ2n) is 8.84. The standard InChI is InChI=1S/C28H25N/c1-28(2,3)23-15-12-20(13-16-23)19-8-10-21(11-9-19)22-14-17-27-25(18-22)24-6-4-5-7-26(24)29-27/h4-18,29H,1-3H3. The summed E-state index contributed by atoms with van der Waals surface area (Å²) < 4.78 is 0. The fraction of sp³-hybridized carbons (Fsp3) is 0.143. The van der Waals surface area contributed by atoms with Gasteiger partial charge in [-0.25, -0.2) is 0 Å². The molecule has 5 rings (SSSR count). The van der Waals surface area contributed by atoms with Gasteiger partial charge >= 0.3 is 0 Å². The van der Waals surface area contributed by atoms with Gasteiger partial charge in [-0.1, -0.05) is 93.6 Å². The Labute approximate surface area is 172 Å². The van der Waals surface area contributed by atoms with Crippen molar-refractivity contribution in [1.29, 1.82) is 0 Å². The second-order valence-corrected chi connectivity index (χ2v) is 8.84. The highest BCUT2D eigenvalue weighted by Gasteiger charge is 2.13. The first-order valence-corrected chi connectivity index (χ1v) is 10.2. The van der Waals surface area contributed by atoms with Gasteiger partial charge in [0, 0.05) is 21.8 Å². The van der Waals surface area contributed by atoms with Crippen LogP contribution in [-0.2, 0) is 5.41 Å². The van der Waals surface area contributed by atoms with Crippen LogP contribution in [0.5, 0.6) is 0 Å². The minimum Gasteiger partial charge on any atom is -0.355 e. The zero-order valence-electron chi connectivity index (χ0n) is 17.2. The molecule has 0 aliphatic rings. The summed E-state index contributed by atoms with van der Waals surface area (Å²) in [5, 5.41) is 2.56. The molecule has 1 heteroatoms. The maximum atomic E-state index is 3.50. The minimum atomic E-state index is 0.184. The Morgan fingerprint density at radius 1 is 0.517 bits per heavy atom. The largest absolute Gasteiger partial charge is 0.355 e. The Balaban J connectivity index is 1.49. The predicted octanol–water partition coefficient (Wildman–Crippen LogP) is 7.95. The van der Waals surface area contributed by atoms with E-state index in [9.17, 15) is 0 Å². The van der Waals surface area contributed by atoms with Crippen molar-refractivity contribution in [3.63, 3.8) is 0 Å². The molecule has 0 atom stereocenters. The summed E-state index contributed by atoms with van der Waals surface area (Å²) in [5.74, 6) is 0. The Bertz CT molecular complexity index is 1300. The molecule has 1 N–H and O–H groups in total. The molecule has 4 aromatic carbocycles. The van der Waals surface area contributed by atoms with E-state index in [0.717, 1.165) is 0 Å². The molecule has 0 aliphatic heterocycles. The molecule has 0 amide bonds. The van der Waals surface area contributed by atoms with Crippen LogP contribution in [0.15, 0.2) is 91.0 Å². The number of aromatic amines is 1. The quantitative estimate of drug-likeness (QED) is 0.322. The van der Waals surface area contributed by atoms with Crippen LogP contribution in [0.2, 0.25) is 0 Å². The third-order valence-electron chi connectivity index (χ3n) is 5.81. The highest BCUT2D eigenvalue weighted by Crippen LogP contribution is 2.31. The normalized spacial score (nSPS) is 12.0. The zero-order valence-corrected chi connectivity index (χ0v) is 17.2. The van der Waals surface area contributed by atoms with Crippen LogP contribution < -0.4 is 0 Å². The van der Waals surface area contributed by atoms with E-state index >= 15 is 0 Å². The van der Waals surface area contributed by atoms with Gasteiger partial charge in [0.1, 0.15) is 0 Å². The molecule has 0 radical (unpaired) electrons. The Morgan fingerprint density at radius 2 is 1.03 bits per heavy atom. The number of benzene rings is 4. The molecular weight excluding hydrogens is 350 g/mol. The number of para-hydroxylation sites is 1. The van der Waals surface area contributed by atoms with Crippen molar-refractivity contribution in [2.45, 2.75) is 26.2 Å². The third-order valence-corrected chi connectivity index (χ3v) is 5.81. The van der Waals surface area contributed by atoms with E-state index < -0.39 is 0 Å². The van der Waals surface area contributed by atoms with Gasteiger partial charge in [-0.3, -0.25) is 0 Å². The van der Waals surface area contributed by atoms with Crippen LogP contribution in [0.4, 0.5) is 0 Å². The van der Waals surface area contributed by atoms with E-state index in [4.69, 9.17) is 0 Å². The average molecular weight is 376 g/mol. The predicted molar refractivity (Wildman–Crippen MR) is 125 cm³/mol. The summed E-state index contributed by atoms with van der Waals surface area (Å²) in [6, 6.07) is 33.0. The summed E-state index contributed by atoms with van der Waals surface area (Å²) in [6.07, 6.45) is 0. The van der Waals surface area contributed by atoms with Gasteiger partial charge in [0.05, 0.1) is 0 Å². The van der Waals surface area contributed by atoms with Gasteiger partial charge in [-0.15, -0.1) is 0 Å². The van der Waals surface area contributed by atoms with Crippen molar-refractivity contribution in [2.75, 3.05) is 0 Å². The first-order valence-electron chi connectivity index (χ1n) is 10.2. The first kappa shape index (κ1) is 17.8. The van der Waals surface area contributed by atoms with Crippen LogP contribution in [0, 0.1) is 0 Å². The lowest BCUT2D eigenvalue weighted by atomic mass is 9.86. The maximum Gasteiger partial charge on any atom is 0.0465 e. The van der Waals surface area contributed by atoms with Crippen molar-refractivity contribution in [3.05, 3.63) is 96.6 Å². The fourth-order valence-electron chi connectivity index (χ4n) is 4.05. The fourth-order valence-corrected chi connectivity index (χ4v) is 4.05. The molecule has 0 unspecified atom stereocenters. The summed E-state index contributed by atoms with van der Waals surface area (Å²) in [6.45, 7) is 6.75. The van der Waals surface area contributed by atoms with Gasteiger partial charge in [0.15, 0.2) is 0 Å². The van der Waals surface area contributed by atoms with E-state index in [2.05, 4.69) is 117 Å². The van der Waals surface area contributed by atoms with Crippen molar-refractivity contribution >= 4 is 21.8 Å². The molecule has 0 fully saturated rings. The number of fused-ring (bicyclic) bond motifs is 3. The molecule has 5 aromatic rings. The van der Waals surface area contributed by atoms with Gasteiger partial charge in [0.2, 0.25) is 0 Å². The topological polar surface area (TPSA) is 15.8 Å². The Hall–Kier alpha value is -3.32. The molecule has 0 saturated heterocycles. The van der Waals surface area contributed by atoms with Crippen LogP contribution in [0.1, 0.15) is 26.3 Å². The summed E-state index contributed by atoms with van der Waals surface area (Å²) in [5.41, 5.74) is 8.93. The van der Waals surface area contributed by atoms with E-state index in [0.29, 0.717) is 0 Å². The SMILES string of the molecule is CC(C)(C)c1ccc(-c2ccc(-c3ccc4[nH]c5ccccc5c4c3)cc2)cc1. The van der Waals surface area contributed by atoms with E-state index in [1.807, 2.05) is 0 Å². The monoisotopic (exact) mass is 375 g/mol. The third kappa shape index (κ3) is 3.23. The number of nitrogens with one attached hydrogen (secondary N) is 1. The number of H-pyrrole nitrogens is 1. The van der Waals surface area contributed by atoms with Crippen LogP contribution in [0.3, 0.4) is 0 Å². The maximum absolute atomic E-state index is 3.50. The lowest BCUT2D eigenvalue weighted by Crippen LogP contribution is -2.10. The highest BCUT2D eigenvalue weighted by atomic mass is 14.7. The van der Waals surface area contributed by atoms with Gasteiger partial charge in [-0.05, 0) is 51.4 Å². The van der Waals surface area contributed by atoms with Gasteiger partial charge in [-0.2, -0.15) is 0 Å². The van der Waals surface area contributed by atoms with Crippen LogP contribution in [0.25, 0.3) is 44.1 Å². The Morgan fingerprint density at radius 3 is 1.69 bits per heavy atom. The molecule has 1 aromatic heterocycles. The highest BCUT2D eigenvalue weighted by molar-refractivity contribution is 6.08. The molecule has 0 spiro atoms. The molecule has 0 aliphatic carbocycles. The number of rotatable bonds is 2. The lowest BCUT2D eigenvalue weighted by molar-refractivity contribution is 0.590. The van der Waals surface area contributed by atoms with E-state index in [-0.39, 0.29) is 5.41 Å². The first-order chi connectivity index (χ1) is 14.0. The van der Waals surface area contributed by atoms with Gasteiger partial charge in [0.25, 0.3) is 0 Å². The van der Waals surface area contributed by atoms with Crippen molar-refractivity contribution < 1.29 is 0 Å². The number of hydrogen-bond donors (Lipinski definition) is 1. The van der Waals surface area contributed by atoms with Crippen LogP contribution in [-0.4, -0.2) is 4.98 Å². The lowest BCUT2D eigenvalue weighted by Gasteiger charge is -2.19. The van der Waals surface area contributed by atoms with Crippen molar-refractivity contribution in [2.24, 2.45) is 0 Å². The molecule has 0 bridgehead atoms. The average Bonchev–Trinajstić information content (AvgIpc) is 3.11. The molecule has 0 saturated carbocycles. The molecule has 29 heavy (non-hydrogen) atoms. The second kappa shape index (κ2) is 6.63. The zero-order chi connectivity index (χ0) is 20.0. The molecular formula is C28H25N. The number of aromatic nitrogens is 1. The van der Waals surface area contributed by atoms with E-state index in [1.165, 1.54) is 49.6 Å². The van der Waals surface area contributed by atoms with Crippen molar-refractivity contribution in [3.8, 4) is 22.3 Å². The molecule has 1 nitrogen and oxygen atoms in total. The molecule has 1 heterocycles. The van der Waals surface area contributed by atoms with Crippen LogP contribution >= 0.6 is 0 Å². The number of hydrogen-bond acceptors (Lipinski definition) is 0. The Kier molecular flexibility index (Phi) is 4.06. The van der Waals surface area contributed by atoms with Gasteiger partial charge < -0.3 is 4.98 Å². The summed E-state index contributed by atoms with van der Waals surface area (Å²) >= 11 is 0. The van der Waals surface area contributed by atoms with E-state index in [1.54, 1.807) is 0 Å². The molecule has 142 valence electrons. The summed E-state index contributed by atoms with van der Waals surface area (Å²) in [7, 11) is 0. The van der Waals surface area contributed by atoms with Crippen molar-refractivity contribution in [1.82, 2.24) is 4.98 Å². The smallest absolute Gasteiger partial charge is 0.0465 e.